The molecule has 0 aliphatic rings. The van der Waals surface area contributed by atoms with Crippen molar-refractivity contribution < 1.29 is 9.59 Å². The van der Waals surface area contributed by atoms with Crippen LogP contribution in [0.25, 0.3) is 0 Å². The normalized spacial score (nSPS) is 10.6. The van der Waals surface area contributed by atoms with E-state index in [1.54, 1.807) is 24.3 Å². The quantitative estimate of drug-likeness (QED) is 0.536. The minimum atomic E-state index is -0.408. The molecule has 4 nitrogen and oxygen atoms in total. The fourth-order valence-electron chi connectivity index (χ4n) is 3.19. The van der Waals surface area contributed by atoms with Crippen LogP contribution in [0.3, 0.4) is 0 Å². The highest BCUT2D eigenvalue weighted by Crippen LogP contribution is 2.26. The van der Waals surface area contributed by atoms with Crippen molar-refractivity contribution in [3.63, 3.8) is 0 Å². The first-order valence-corrected chi connectivity index (χ1v) is 9.98. The average molecular weight is 386 g/mol. The Hall–Kier alpha value is -3.40. The summed E-state index contributed by atoms with van der Waals surface area (Å²) in [5.41, 5.74) is 3.12. The first-order valence-electron chi connectivity index (χ1n) is 9.98. The minimum absolute atomic E-state index is 0.0947. The van der Waals surface area contributed by atoms with E-state index in [0.717, 1.165) is 24.0 Å². The van der Waals surface area contributed by atoms with Gasteiger partial charge in [0.1, 0.15) is 0 Å². The molecule has 2 amide bonds. The van der Waals surface area contributed by atoms with Crippen molar-refractivity contribution in [1.29, 1.82) is 0 Å². The first-order chi connectivity index (χ1) is 14.2. The SMILES string of the molecule is CCCCNC(=O)c1ccc(NC(=O)C(c2ccccc2)c2ccccc2)cc1. The molecule has 0 aliphatic heterocycles. The van der Waals surface area contributed by atoms with Crippen molar-refractivity contribution in [2.24, 2.45) is 0 Å². The van der Waals surface area contributed by atoms with Crippen molar-refractivity contribution >= 4 is 17.5 Å². The monoisotopic (exact) mass is 386 g/mol. The summed E-state index contributed by atoms with van der Waals surface area (Å²) in [7, 11) is 0. The van der Waals surface area contributed by atoms with Crippen LogP contribution in [-0.4, -0.2) is 18.4 Å². The van der Waals surface area contributed by atoms with Crippen molar-refractivity contribution in [3.8, 4) is 0 Å². The van der Waals surface area contributed by atoms with Crippen molar-refractivity contribution in [2.75, 3.05) is 11.9 Å². The van der Waals surface area contributed by atoms with Crippen LogP contribution in [0.2, 0.25) is 0 Å². The highest BCUT2D eigenvalue weighted by Gasteiger charge is 2.22. The molecule has 0 spiro atoms. The molecule has 3 rings (SSSR count). The number of amides is 2. The molecule has 0 aromatic heterocycles. The van der Waals surface area contributed by atoms with Gasteiger partial charge in [-0.3, -0.25) is 9.59 Å². The van der Waals surface area contributed by atoms with Crippen LogP contribution in [-0.2, 0) is 4.79 Å². The minimum Gasteiger partial charge on any atom is -0.352 e. The van der Waals surface area contributed by atoms with Gasteiger partial charge < -0.3 is 10.6 Å². The Balaban J connectivity index is 1.74. The molecule has 2 N–H and O–H groups in total. The van der Waals surface area contributed by atoms with E-state index in [1.165, 1.54) is 0 Å². The van der Waals surface area contributed by atoms with Crippen LogP contribution in [0, 0.1) is 0 Å². The van der Waals surface area contributed by atoms with Crippen LogP contribution < -0.4 is 10.6 Å². The third kappa shape index (κ3) is 5.55. The molecule has 0 heterocycles. The topological polar surface area (TPSA) is 58.2 Å². The smallest absolute Gasteiger partial charge is 0.251 e. The molecule has 0 saturated carbocycles. The second-order valence-electron chi connectivity index (χ2n) is 6.93. The fraction of sp³-hybridized carbons (Fsp3) is 0.200. The summed E-state index contributed by atoms with van der Waals surface area (Å²) in [6.07, 6.45) is 2.00. The maximum atomic E-state index is 13.1. The van der Waals surface area contributed by atoms with Gasteiger partial charge in [-0.2, -0.15) is 0 Å². The summed E-state index contributed by atoms with van der Waals surface area (Å²) in [5.74, 6) is -0.611. The van der Waals surface area contributed by atoms with E-state index < -0.39 is 5.92 Å². The standard InChI is InChI=1S/C25H26N2O2/c1-2-3-18-26-24(28)21-14-16-22(17-15-21)27-25(29)23(19-10-6-4-7-11-19)20-12-8-5-9-13-20/h4-17,23H,2-3,18H2,1H3,(H,26,28)(H,27,29). The zero-order valence-electron chi connectivity index (χ0n) is 16.6. The maximum Gasteiger partial charge on any atom is 0.251 e. The number of hydrogen-bond donors (Lipinski definition) is 2. The van der Waals surface area contributed by atoms with E-state index in [2.05, 4.69) is 17.6 Å². The molecule has 0 saturated heterocycles. The van der Waals surface area contributed by atoms with Crippen LogP contribution in [0.4, 0.5) is 5.69 Å². The lowest BCUT2D eigenvalue weighted by molar-refractivity contribution is -0.116. The number of unbranched alkanes of at least 4 members (excludes halogenated alkanes) is 1. The van der Waals surface area contributed by atoms with E-state index >= 15 is 0 Å². The fourth-order valence-corrected chi connectivity index (χ4v) is 3.19. The Labute approximate surface area is 172 Å². The van der Waals surface area contributed by atoms with Crippen molar-refractivity contribution in [3.05, 3.63) is 102 Å². The summed E-state index contributed by atoms with van der Waals surface area (Å²) < 4.78 is 0. The van der Waals surface area contributed by atoms with E-state index in [0.29, 0.717) is 17.8 Å². The van der Waals surface area contributed by atoms with Gasteiger partial charge in [0.15, 0.2) is 0 Å². The van der Waals surface area contributed by atoms with E-state index in [4.69, 9.17) is 0 Å². The van der Waals surface area contributed by atoms with Gasteiger partial charge in [0.25, 0.3) is 5.91 Å². The first kappa shape index (κ1) is 20.3. The highest BCUT2D eigenvalue weighted by atomic mass is 16.2. The second-order valence-corrected chi connectivity index (χ2v) is 6.93. The zero-order valence-corrected chi connectivity index (χ0v) is 16.6. The number of carbonyl (C=O) groups is 2. The lowest BCUT2D eigenvalue weighted by Crippen LogP contribution is -2.24. The van der Waals surface area contributed by atoms with Crippen LogP contribution in [0.5, 0.6) is 0 Å². The van der Waals surface area contributed by atoms with Gasteiger partial charge in [-0.05, 0) is 41.8 Å². The van der Waals surface area contributed by atoms with Gasteiger partial charge in [-0.15, -0.1) is 0 Å². The van der Waals surface area contributed by atoms with Gasteiger partial charge in [0.2, 0.25) is 5.91 Å². The average Bonchev–Trinajstić information content (AvgIpc) is 2.76. The largest absolute Gasteiger partial charge is 0.352 e. The molecule has 3 aromatic carbocycles. The number of carbonyl (C=O) groups excluding carboxylic acids is 2. The zero-order chi connectivity index (χ0) is 20.5. The Bertz CT molecular complexity index is 883. The third-order valence-electron chi connectivity index (χ3n) is 4.76. The molecular formula is C25H26N2O2. The summed E-state index contributed by atoms with van der Waals surface area (Å²) in [6.45, 7) is 2.76. The second kappa shape index (κ2) is 10.2. The van der Waals surface area contributed by atoms with E-state index in [-0.39, 0.29) is 11.8 Å². The van der Waals surface area contributed by atoms with E-state index in [1.807, 2.05) is 60.7 Å². The Morgan fingerprint density at radius 1 is 0.793 bits per heavy atom. The molecule has 0 unspecified atom stereocenters. The molecule has 29 heavy (non-hydrogen) atoms. The number of benzene rings is 3. The van der Waals surface area contributed by atoms with Gasteiger partial charge in [-0.1, -0.05) is 74.0 Å². The predicted octanol–water partition coefficient (Wildman–Crippen LogP) is 4.99. The number of rotatable bonds is 8. The predicted molar refractivity (Wildman–Crippen MR) is 117 cm³/mol. The maximum absolute atomic E-state index is 13.1. The molecule has 0 aliphatic carbocycles. The number of anilines is 1. The van der Waals surface area contributed by atoms with Crippen molar-refractivity contribution in [1.82, 2.24) is 5.32 Å². The molecule has 0 bridgehead atoms. The molecule has 4 heteroatoms. The summed E-state index contributed by atoms with van der Waals surface area (Å²) >= 11 is 0. The highest BCUT2D eigenvalue weighted by molar-refractivity contribution is 5.99. The Kier molecular flexibility index (Phi) is 7.17. The van der Waals surface area contributed by atoms with Gasteiger partial charge in [0.05, 0.1) is 5.92 Å². The van der Waals surface area contributed by atoms with Crippen LogP contribution in [0.15, 0.2) is 84.9 Å². The molecule has 0 fully saturated rings. The Morgan fingerprint density at radius 3 is 1.86 bits per heavy atom. The molecule has 3 aromatic rings. The third-order valence-corrected chi connectivity index (χ3v) is 4.76. The Morgan fingerprint density at radius 2 is 1.34 bits per heavy atom. The summed E-state index contributed by atoms with van der Waals surface area (Å²) in [4.78, 5) is 25.2. The molecule has 148 valence electrons. The van der Waals surface area contributed by atoms with Gasteiger partial charge in [-0.25, -0.2) is 0 Å². The van der Waals surface area contributed by atoms with E-state index in [9.17, 15) is 9.59 Å². The van der Waals surface area contributed by atoms with Crippen molar-refractivity contribution in [2.45, 2.75) is 25.7 Å². The molecular weight excluding hydrogens is 360 g/mol. The molecule has 0 atom stereocenters. The summed E-state index contributed by atoms with van der Waals surface area (Å²) in [5, 5.41) is 5.88. The summed E-state index contributed by atoms with van der Waals surface area (Å²) in [6, 6.07) is 26.4. The van der Waals surface area contributed by atoms with Gasteiger partial charge >= 0.3 is 0 Å². The molecule has 0 radical (unpaired) electrons. The lowest BCUT2D eigenvalue weighted by Gasteiger charge is -2.18. The van der Waals surface area contributed by atoms with Crippen LogP contribution in [0.1, 0.15) is 47.2 Å². The van der Waals surface area contributed by atoms with Gasteiger partial charge in [0, 0.05) is 17.8 Å². The van der Waals surface area contributed by atoms with Crippen LogP contribution >= 0.6 is 0 Å². The number of nitrogens with one attached hydrogen (secondary N) is 2. The number of hydrogen-bond acceptors (Lipinski definition) is 2. The lowest BCUT2D eigenvalue weighted by atomic mass is 9.90.